The number of carbonyl (C=O) groups excluding carboxylic acids is 1. The predicted molar refractivity (Wildman–Crippen MR) is 103 cm³/mol. The van der Waals surface area contributed by atoms with Gasteiger partial charge in [-0.1, -0.05) is 6.07 Å². The van der Waals surface area contributed by atoms with Gasteiger partial charge in [0.05, 0.1) is 18.7 Å². The third-order valence-electron chi connectivity index (χ3n) is 5.31. The van der Waals surface area contributed by atoms with E-state index in [1.807, 2.05) is 12.1 Å². The Balaban J connectivity index is 1.86. The summed E-state index contributed by atoms with van der Waals surface area (Å²) in [5.41, 5.74) is 2.90. The lowest BCUT2D eigenvalue weighted by Gasteiger charge is -2.31. The fourth-order valence-corrected chi connectivity index (χ4v) is 4.72. The van der Waals surface area contributed by atoms with E-state index in [0.29, 0.717) is 43.7 Å². The van der Waals surface area contributed by atoms with Crippen molar-refractivity contribution in [1.29, 1.82) is 5.26 Å². The van der Waals surface area contributed by atoms with Crippen LogP contribution >= 0.6 is 0 Å². The zero-order chi connectivity index (χ0) is 21.2. The number of hydrogen-bond donors (Lipinski definition) is 0. The number of benzene rings is 1. The maximum atomic E-state index is 12.7. The average Bonchev–Trinajstić information content (AvgIpc) is 3.08. The van der Waals surface area contributed by atoms with Gasteiger partial charge in [-0.05, 0) is 47.6 Å². The molecule has 0 spiro atoms. The van der Waals surface area contributed by atoms with Crippen molar-refractivity contribution in [2.45, 2.75) is 38.0 Å². The Kier molecular flexibility index (Phi) is 6.34. The minimum absolute atomic E-state index is 0.0233. The van der Waals surface area contributed by atoms with Crippen molar-refractivity contribution in [1.82, 2.24) is 4.31 Å². The molecule has 1 saturated heterocycles. The molecule has 9 heteroatoms. The first-order valence-electron chi connectivity index (χ1n) is 9.32. The molecule has 0 unspecified atom stereocenters. The van der Waals surface area contributed by atoms with Crippen molar-refractivity contribution >= 4 is 21.9 Å². The van der Waals surface area contributed by atoms with Gasteiger partial charge in [0.25, 0.3) is 6.43 Å². The van der Waals surface area contributed by atoms with Gasteiger partial charge in [-0.15, -0.1) is 0 Å². The maximum absolute atomic E-state index is 12.7. The molecule has 29 heavy (non-hydrogen) atoms. The molecule has 3 rings (SSSR count). The summed E-state index contributed by atoms with van der Waals surface area (Å²) in [6.07, 6.45) is 1.54. The molecule has 0 bridgehead atoms. The largest absolute Gasteiger partial charge is 0.487 e. The van der Waals surface area contributed by atoms with Crippen molar-refractivity contribution in [2.75, 3.05) is 26.0 Å². The summed E-state index contributed by atoms with van der Waals surface area (Å²) in [6.45, 7) is -0.0179. The molecule has 156 valence electrons. The van der Waals surface area contributed by atoms with Crippen molar-refractivity contribution in [3.05, 3.63) is 34.4 Å². The quantitative estimate of drug-likeness (QED) is 0.672. The molecule has 0 radical (unpaired) electrons. The van der Waals surface area contributed by atoms with E-state index in [2.05, 4.69) is 0 Å². The SMILES string of the molecule is CS(=O)(=O)N1CCC(c2cc3c(cc2OCC(F)F)C=C(C(=O)CC#N)C3)CC1. The highest BCUT2D eigenvalue weighted by atomic mass is 32.2. The number of nitrogens with zero attached hydrogens (tertiary/aromatic N) is 2. The zero-order valence-electron chi connectivity index (χ0n) is 16.0. The molecule has 0 saturated carbocycles. The van der Waals surface area contributed by atoms with Crippen LogP contribution in [0.4, 0.5) is 8.78 Å². The fraction of sp³-hybridized carbons (Fsp3) is 0.500. The lowest BCUT2D eigenvalue weighted by molar-refractivity contribution is -0.114. The molecule has 1 fully saturated rings. The molecule has 2 aliphatic rings. The normalized spacial score (nSPS) is 17.7. The van der Waals surface area contributed by atoms with E-state index in [4.69, 9.17) is 10.00 Å². The Morgan fingerprint density at radius 3 is 2.62 bits per heavy atom. The van der Waals surface area contributed by atoms with Gasteiger partial charge in [-0.25, -0.2) is 21.5 Å². The second-order valence-electron chi connectivity index (χ2n) is 7.33. The monoisotopic (exact) mass is 424 g/mol. The summed E-state index contributed by atoms with van der Waals surface area (Å²) in [5.74, 6) is 0.0682. The van der Waals surface area contributed by atoms with E-state index in [1.54, 1.807) is 12.1 Å². The van der Waals surface area contributed by atoms with Crippen LogP contribution < -0.4 is 4.74 Å². The van der Waals surface area contributed by atoms with Crippen molar-refractivity contribution in [3.63, 3.8) is 0 Å². The molecular weight excluding hydrogens is 402 g/mol. The molecule has 1 aromatic carbocycles. The lowest BCUT2D eigenvalue weighted by atomic mass is 9.87. The van der Waals surface area contributed by atoms with E-state index < -0.39 is 23.1 Å². The molecule has 0 aromatic heterocycles. The van der Waals surface area contributed by atoms with Crippen LogP contribution in [0.5, 0.6) is 5.75 Å². The van der Waals surface area contributed by atoms with Crippen LogP contribution in [-0.2, 0) is 21.2 Å². The Bertz CT molecular complexity index is 975. The van der Waals surface area contributed by atoms with E-state index in [0.717, 1.165) is 16.7 Å². The minimum atomic E-state index is -3.26. The molecular formula is C20H22F2N2O4S. The number of ether oxygens (including phenoxy) is 1. The van der Waals surface area contributed by atoms with Crippen LogP contribution in [0.2, 0.25) is 0 Å². The predicted octanol–water partition coefficient (Wildman–Crippen LogP) is 2.89. The number of allylic oxidation sites excluding steroid dienone is 1. The molecule has 1 heterocycles. The second-order valence-corrected chi connectivity index (χ2v) is 9.31. The highest BCUT2D eigenvalue weighted by Crippen LogP contribution is 2.39. The highest BCUT2D eigenvalue weighted by Gasteiger charge is 2.29. The standard InChI is InChI=1S/C20H22F2N2O4S/c1-29(26,27)24-6-3-13(4-7-24)17-10-14-8-16(18(25)2-5-23)9-15(14)11-19(17)28-12-20(21)22/h9-11,13,20H,2-4,6-8,12H2,1H3. The molecule has 0 atom stereocenters. The third-order valence-corrected chi connectivity index (χ3v) is 6.61. The highest BCUT2D eigenvalue weighted by molar-refractivity contribution is 7.88. The van der Waals surface area contributed by atoms with Crippen molar-refractivity contribution in [2.24, 2.45) is 0 Å². The minimum Gasteiger partial charge on any atom is -0.487 e. The van der Waals surface area contributed by atoms with Crippen molar-refractivity contribution < 1.29 is 26.7 Å². The van der Waals surface area contributed by atoms with Crippen LogP contribution in [-0.4, -0.2) is 50.9 Å². The first-order chi connectivity index (χ1) is 13.7. The number of ketones is 1. The zero-order valence-corrected chi connectivity index (χ0v) is 16.8. The number of piperidine rings is 1. The Hall–Kier alpha value is -2.31. The van der Waals surface area contributed by atoms with E-state index in [-0.39, 0.29) is 18.1 Å². The van der Waals surface area contributed by atoms with Gasteiger partial charge in [0.1, 0.15) is 12.4 Å². The first-order valence-corrected chi connectivity index (χ1v) is 11.2. The topological polar surface area (TPSA) is 87.5 Å². The number of halogens is 2. The van der Waals surface area contributed by atoms with Crippen molar-refractivity contribution in [3.8, 4) is 11.8 Å². The summed E-state index contributed by atoms with van der Waals surface area (Å²) < 4.78 is 55.7. The molecule has 6 nitrogen and oxygen atoms in total. The van der Waals surface area contributed by atoms with Gasteiger partial charge < -0.3 is 4.74 Å². The van der Waals surface area contributed by atoms with Crippen LogP contribution in [0.15, 0.2) is 17.7 Å². The van der Waals surface area contributed by atoms with Crippen LogP contribution in [0.25, 0.3) is 6.08 Å². The van der Waals surface area contributed by atoms with Crippen LogP contribution in [0, 0.1) is 11.3 Å². The number of fused-ring (bicyclic) bond motifs is 1. The van der Waals surface area contributed by atoms with Gasteiger partial charge in [0, 0.05) is 25.1 Å². The Morgan fingerprint density at radius 2 is 2.03 bits per heavy atom. The van der Waals surface area contributed by atoms with Gasteiger partial charge >= 0.3 is 0 Å². The van der Waals surface area contributed by atoms with Gasteiger partial charge in [0.15, 0.2) is 5.78 Å². The number of nitriles is 1. The summed E-state index contributed by atoms with van der Waals surface area (Å²) in [4.78, 5) is 12.0. The number of alkyl halides is 2. The number of Topliss-reactive ketones (excluding diaryl/α,β-unsaturated/α-hetero) is 1. The average molecular weight is 424 g/mol. The first kappa shape index (κ1) is 21.4. The lowest BCUT2D eigenvalue weighted by Crippen LogP contribution is -2.37. The van der Waals surface area contributed by atoms with Crippen LogP contribution in [0.3, 0.4) is 0 Å². The van der Waals surface area contributed by atoms with Crippen LogP contribution in [0.1, 0.15) is 41.9 Å². The smallest absolute Gasteiger partial charge is 0.272 e. The van der Waals surface area contributed by atoms with Gasteiger partial charge in [0.2, 0.25) is 10.0 Å². The number of sulfonamides is 1. The Labute approximate surface area is 168 Å². The molecule has 0 amide bonds. The van der Waals surface area contributed by atoms with E-state index in [1.165, 1.54) is 10.6 Å². The molecule has 1 aliphatic heterocycles. The number of hydrogen-bond acceptors (Lipinski definition) is 5. The van der Waals surface area contributed by atoms with Gasteiger partial charge in [-0.3, -0.25) is 4.79 Å². The number of carbonyl (C=O) groups is 1. The summed E-state index contributed by atoms with van der Waals surface area (Å²) in [6, 6.07) is 5.39. The Morgan fingerprint density at radius 1 is 1.34 bits per heavy atom. The van der Waals surface area contributed by atoms with E-state index >= 15 is 0 Å². The molecule has 1 aromatic rings. The van der Waals surface area contributed by atoms with Gasteiger partial charge in [-0.2, -0.15) is 5.26 Å². The van der Waals surface area contributed by atoms with E-state index in [9.17, 15) is 22.0 Å². The fourth-order valence-electron chi connectivity index (χ4n) is 3.85. The number of rotatable bonds is 7. The second kappa shape index (κ2) is 8.59. The summed E-state index contributed by atoms with van der Waals surface area (Å²) in [7, 11) is -3.26. The summed E-state index contributed by atoms with van der Waals surface area (Å²) >= 11 is 0. The third kappa shape index (κ3) is 5.00. The maximum Gasteiger partial charge on any atom is 0.272 e. The molecule has 1 aliphatic carbocycles. The summed E-state index contributed by atoms with van der Waals surface area (Å²) in [5, 5.41) is 8.74. The molecule has 0 N–H and O–H groups in total.